The normalized spacial score (nSPS) is 17.1. The molecular formula is C29H27ClN6O4. The zero-order valence-electron chi connectivity index (χ0n) is 21.9. The molecule has 0 saturated heterocycles. The van der Waals surface area contributed by atoms with Gasteiger partial charge in [0.1, 0.15) is 17.2 Å². The van der Waals surface area contributed by atoms with Gasteiger partial charge in [-0.25, -0.2) is 14.8 Å². The maximum Gasteiger partial charge on any atom is 0.334 e. The Morgan fingerprint density at radius 3 is 2.65 bits per heavy atom. The number of aliphatic imine (C=N–C) groups is 1. The second-order valence-electron chi connectivity index (χ2n) is 9.33. The molecule has 40 heavy (non-hydrogen) atoms. The molecule has 0 radical (unpaired) electrons. The average molecular weight is 559 g/mol. The van der Waals surface area contributed by atoms with E-state index in [0.29, 0.717) is 35.3 Å². The highest BCUT2D eigenvalue weighted by Gasteiger charge is 2.42. The Morgan fingerprint density at radius 2 is 1.90 bits per heavy atom. The summed E-state index contributed by atoms with van der Waals surface area (Å²) in [4.78, 5) is 43.6. The number of ether oxygens (including phenoxy) is 1. The van der Waals surface area contributed by atoms with E-state index in [0.717, 1.165) is 16.9 Å². The summed E-state index contributed by atoms with van der Waals surface area (Å²) in [6.45, 7) is 4.36. The number of hydrogen-bond acceptors (Lipinski definition) is 7. The molecule has 2 unspecified atom stereocenters. The first-order valence-corrected chi connectivity index (χ1v) is 13.1. The van der Waals surface area contributed by atoms with Crippen LogP contribution >= 0.6 is 11.6 Å². The van der Waals surface area contributed by atoms with E-state index < -0.39 is 23.7 Å². The second-order valence-corrected chi connectivity index (χ2v) is 9.73. The van der Waals surface area contributed by atoms with Crippen molar-refractivity contribution in [2.45, 2.75) is 26.3 Å². The Morgan fingerprint density at radius 1 is 1.10 bits per heavy atom. The molecule has 4 heterocycles. The van der Waals surface area contributed by atoms with Crippen LogP contribution in [0, 0.1) is 12.8 Å². The van der Waals surface area contributed by atoms with E-state index in [1.165, 1.54) is 0 Å². The maximum absolute atomic E-state index is 13.5. The minimum absolute atomic E-state index is 0.0322. The quantitative estimate of drug-likeness (QED) is 0.286. The molecule has 0 bridgehead atoms. The molecule has 2 N–H and O–H groups in total. The van der Waals surface area contributed by atoms with Crippen molar-refractivity contribution in [3.8, 4) is 0 Å². The van der Waals surface area contributed by atoms with Crippen LogP contribution in [0.15, 0.2) is 83.4 Å². The van der Waals surface area contributed by atoms with Crippen LogP contribution in [0.4, 0.5) is 5.82 Å². The molecule has 1 aliphatic heterocycles. The third-order valence-electron chi connectivity index (χ3n) is 6.83. The average Bonchev–Trinajstić information content (AvgIpc) is 3.26. The number of anilines is 1. The molecular weight excluding hydrogens is 532 g/mol. The lowest BCUT2D eigenvalue weighted by Gasteiger charge is -2.32. The molecule has 0 spiro atoms. The van der Waals surface area contributed by atoms with E-state index in [1.807, 2.05) is 17.6 Å². The summed E-state index contributed by atoms with van der Waals surface area (Å²) in [5.41, 5.74) is 2.91. The molecule has 11 heteroatoms. The summed E-state index contributed by atoms with van der Waals surface area (Å²) in [5.74, 6) is -2.26. The van der Waals surface area contributed by atoms with Gasteiger partial charge in [0, 0.05) is 35.6 Å². The van der Waals surface area contributed by atoms with Crippen molar-refractivity contribution in [3.63, 3.8) is 0 Å². The highest BCUT2D eigenvalue weighted by Crippen LogP contribution is 2.42. The highest BCUT2D eigenvalue weighted by molar-refractivity contribution is 6.31. The van der Waals surface area contributed by atoms with Crippen molar-refractivity contribution in [3.05, 3.63) is 94.8 Å². The molecule has 10 nitrogen and oxygen atoms in total. The largest absolute Gasteiger partial charge is 0.478 e. The number of hydrogen-bond donors (Lipinski definition) is 2. The van der Waals surface area contributed by atoms with Crippen LogP contribution in [-0.2, 0) is 20.9 Å². The Balaban J connectivity index is 1.43. The predicted molar refractivity (Wildman–Crippen MR) is 151 cm³/mol. The number of pyridine rings is 2. The standard InChI is InChI=1S/C29H27ClN6O4/c1-17-25(28(37)35-24-9-5-6-11-32-24)26(19-7-3-4-8-20(19)30)27(29(38)39)22(33-17)16-40-14-13-36-18(2)34-21-15-31-12-10-23(21)36/h3-12,15,25-26H,13-14,16H2,1-2H3,(H,38,39)(H,32,35,37). The number of aliphatic carboxylic acids is 1. The van der Waals surface area contributed by atoms with Crippen LogP contribution in [0.25, 0.3) is 11.0 Å². The lowest BCUT2D eigenvalue weighted by atomic mass is 9.75. The van der Waals surface area contributed by atoms with E-state index in [1.54, 1.807) is 68.0 Å². The van der Waals surface area contributed by atoms with Crippen molar-refractivity contribution in [1.82, 2.24) is 19.5 Å². The van der Waals surface area contributed by atoms with Crippen LogP contribution in [0.5, 0.6) is 0 Å². The van der Waals surface area contributed by atoms with Crippen molar-refractivity contribution in [1.29, 1.82) is 0 Å². The lowest BCUT2D eigenvalue weighted by molar-refractivity contribution is -0.133. The minimum Gasteiger partial charge on any atom is -0.478 e. The van der Waals surface area contributed by atoms with Gasteiger partial charge < -0.3 is 19.7 Å². The Kier molecular flexibility index (Phi) is 7.99. The predicted octanol–water partition coefficient (Wildman–Crippen LogP) is 4.66. The number of nitrogens with zero attached hydrogens (tertiary/aromatic N) is 5. The van der Waals surface area contributed by atoms with Crippen molar-refractivity contribution in [2.24, 2.45) is 10.9 Å². The van der Waals surface area contributed by atoms with Crippen LogP contribution in [0.2, 0.25) is 5.02 Å². The molecule has 1 amide bonds. The number of benzene rings is 1. The number of fused-ring (bicyclic) bond motifs is 1. The fourth-order valence-electron chi connectivity index (χ4n) is 5.05. The molecule has 2 atom stereocenters. The third kappa shape index (κ3) is 5.49. The van der Waals surface area contributed by atoms with Crippen LogP contribution in [0.1, 0.15) is 24.2 Å². The van der Waals surface area contributed by atoms with E-state index in [4.69, 9.17) is 16.3 Å². The van der Waals surface area contributed by atoms with Crippen LogP contribution in [-0.4, -0.2) is 55.4 Å². The van der Waals surface area contributed by atoms with Gasteiger partial charge in [0.25, 0.3) is 0 Å². The number of aromatic nitrogens is 4. The van der Waals surface area contributed by atoms with E-state index in [9.17, 15) is 14.7 Å². The summed E-state index contributed by atoms with van der Waals surface area (Å²) in [7, 11) is 0. The van der Waals surface area contributed by atoms with E-state index in [-0.39, 0.29) is 17.9 Å². The van der Waals surface area contributed by atoms with Crippen molar-refractivity contribution < 1.29 is 19.4 Å². The molecule has 0 aliphatic carbocycles. The number of carboxylic acid groups (broad SMARTS) is 1. The number of imidazole rings is 1. The lowest BCUT2D eigenvalue weighted by Crippen LogP contribution is -2.39. The summed E-state index contributed by atoms with van der Waals surface area (Å²) >= 11 is 6.56. The monoisotopic (exact) mass is 558 g/mol. The number of amides is 1. The van der Waals surface area contributed by atoms with Gasteiger partial charge in [-0.15, -0.1) is 0 Å². The SMILES string of the molecule is CC1=NC(COCCn2c(C)nc3cnccc32)=C(C(=O)O)C(c2ccccc2Cl)C1C(=O)Nc1ccccn1. The topological polar surface area (TPSA) is 132 Å². The number of nitrogens with one attached hydrogen (secondary N) is 1. The Bertz CT molecular complexity index is 1630. The zero-order valence-corrected chi connectivity index (χ0v) is 22.7. The number of carboxylic acids is 1. The van der Waals surface area contributed by atoms with Crippen LogP contribution in [0.3, 0.4) is 0 Å². The molecule has 0 saturated carbocycles. The zero-order chi connectivity index (χ0) is 28.2. The van der Waals surface area contributed by atoms with Gasteiger partial charge in [-0.05, 0) is 43.7 Å². The van der Waals surface area contributed by atoms with Gasteiger partial charge in [0.15, 0.2) is 0 Å². The van der Waals surface area contributed by atoms with Crippen molar-refractivity contribution >= 4 is 46.0 Å². The maximum atomic E-state index is 13.5. The number of aryl methyl sites for hydroxylation is 1. The fraction of sp³-hybridized carbons (Fsp3) is 0.241. The fourth-order valence-corrected chi connectivity index (χ4v) is 5.30. The summed E-state index contributed by atoms with van der Waals surface area (Å²) in [6.07, 6.45) is 4.98. The number of halogens is 1. The minimum atomic E-state index is -1.20. The Hall–Kier alpha value is -4.41. The highest BCUT2D eigenvalue weighted by atomic mass is 35.5. The number of rotatable bonds is 9. The van der Waals surface area contributed by atoms with Gasteiger partial charge in [-0.2, -0.15) is 0 Å². The first kappa shape index (κ1) is 27.2. The van der Waals surface area contributed by atoms with Gasteiger partial charge in [0.2, 0.25) is 5.91 Å². The van der Waals surface area contributed by atoms with E-state index in [2.05, 4.69) is 25.3 Å². The third-order valence-corrected chi connectivity index (χ3v) is 7.17. The number of carbonyl (C=O) groups is 2. The summed E-state index contributed by atoms with van der Waals surface area (Å²) in [6, 6.07) is 14.0. The van der Waals surface area contributed by atoms with Gasteiger partial charge in [0.05, 0.1) is 42.1 Å². The van der Waals surface area contributed by atoms with Crippen LogP contribution < -0.4 is 5.32 Å². The van der Waals surface area contributed by atoms with Gasteiger partial charge >= 0.3 is 5.97 Å². The number of carbonyl (C=O) groups excluding carboxylic acids is 1. The smallest absolute Gasteiger partial charge is 0.334 e. The summed E-state index contributed by atoms with van der Waals surface area (Å²) < 4.78 is 7.97. The first-order chi connectivity index (χ1) is 19.3. The molecule has 4 aromatic rings. The first-order valence-electron chi connectivity index (χ1n) is 12.7. The molecule has 1 aromatic carbocycles. The van der Waals surface area contributed by atoms with Gasteiger partial charge in [-0.1, -0.05) is 35.9 Å². The molecule has 204 valence electrons. The van der Waals surface area contributed by atoms with E-state index >= 15 is 0 Å². The molecule has 5 rings (SSSR count). The molecule has 3 aromatic heterocycles. The second kappa shape index (κ2) is 11.8. The molecule has 0 fully saturated rings. The summed E-state index contributed by atoms with van der Waals surface area (Å²) in [5, 5.41) is 13.5. The van der Waals surface area contributed by atoms with Gasteiger partial charge in [-0.3, -0.25) is 14.8 Å². The molecule has 1 aliphatic rings. The van der Waals surface area contributed by atoms with Crippen molar-refractivity contribution in [2.75, 3.05) is 18.5 Å². The Labute approximate surface area is 235 Å².